The van der Waals surface area contributed by atoms with E-state index in [4.69, 9.17) is 4.42 Å². The van der Waals surface area contributed by atoms with Crippen LogP contribution in [0.25, 0.3) is 6.08 Å². The summed E-state index contributed by atoms with van der Waals surface area (Å²) in [5.41, 5.74) is -0.756. The number of likely N-dealkylation sites (tertiary alicyclic amines) is 1. The zero-order valence-electron chi connectivity index (χ0n) is 17.0. The number of anilines is 1. The third-order valence-corrected chi connectivity index (χ3v) is 5.09. The van der Waals surface area contributed by atoms with Gasteiger partial charge in [0.1, 0.15) is 5.76 Å². The largest absolute Gasteiger partial charge is 0.465 e. The molecule has 32 heavy (non-hydrogen) atoms. The second-order valence-corrected chi connectivity index (χ2v) is 7.36. The summed E-state index contributed by atoms with van der Waals surface area (Å²) < 4.78 is 42.9. The predicted molar refractivity (Wildman–Crippen MR) is 110 cm³/mol. The Balaban J connectivity index is 1.39. The lowest BCUT2D eigenvalue weighted by Gasteiger charge is -2.31. The Morgan fingerprint density at radius 1 is 1.06 bits per heavy atom. The monoisotopic (exact) mass is 449 g/mol. The molecule has 0 atom stereocenters. The first-order valence-corrected chi connectivity index (χ1v) is 9.99. The van der Waals surface area contributed by atoms with Gasteiger partial charge in [0, 0.05) is 31.4 Å². The van der Waals surface area contributed by atoms with Crippen molar-refractivity contribution in [2.24, 2.45) is 5.92 Å². The average Bonchev–Trinajstić information content (AvgIpc) is 3.29. The standard InChI is InChI=1S/C22H22F3N3O4/c23-22(24,25)16-3-5-17(6-4-16)27-21(31)20(30)26-14-15-9-11-28(12-10-15)19(29)8-7-18-2-1-13-32-18/h1-8,13,15H,9-12,14H2,(H,26,30)(H,27,31)/b8-7+. The van der Waals surface area contributed by atoms with Crippen LogP contribution >= 0.6 is 0 Å². The van der Waals surface area contributed by atoms with E-state index in [1.165, 1.54) is 12.3 Å². The van der Waals surface area contributed by atoms with Gasteiger partial charge < -0.3 is 20.0 Å². The zero-order chi connectivity index (χ0) is 23.1. The summed E-state index contributed by atoms with van der Waals surface area (Å²) in [5.74, 6) is -1.26. The molecule has 0 spiro atoms. The van der Waals surface area contributed by atoms with E-state index < -0.39 is 23.6 Å². The van der Waals surface area contributed by atoms with E-state index in [1.807, 2.05) is 0 Å². The molecule has 10 heteroatoms. The van der Waals surface area contributed by atoms with E-state index in [0.29, 0.717) is 31.7 Å². The quantitative estimate of drug-likeness (QED) is 0.541. The number of nitrogens with zero attached hydrogens (tertiary/aromatic N) is 1. The van der Waals surface area contributed by atoms with Crippen LogP contribution in [-0.2, 0) is 20.6 Å². The highest BCUT2D eigenvalue weighted by Gasteiger charge is 2.30. The maximum atomic E-state index is 12.6. The Hall–Kier alpha value is -3.56. The van der Waals surface area contributed by atoms with Crippen LogP contribution in [0.2, 0.25) is 0 Å². The number of benzene rings is 1. The molecule has 0 saturated carbocycles. The van der Waals surface area contributed by atoms with Crippen molar-refractivity contribution in [3.05, 3.63) is 60.1 Å². The first-order valence-electron chi connectivity index (χ1n) is 9.99. The lowest BCUT2D eigenvalue weighted by Crippen LogP contribution is -2.43. The first-order chi connectivity index (χ1) is 15.2. The molecule has 3 rings (SSSR count). The summed E-state index contributed by atoms with van der Waals surface area (Å²) in [5, 5.41) is 4.80. The Labute approximate surface area is 182 Å². The number of hydrogen-bond donors (Lipinski definition) is 2. The molecular formula is C22H22F3N3O4. The molecule has 1 aliphatic rings. The number of nitrogens with one attached hydrogen (secondary N) is 2. The fraction of sp³-hybridized carbons (Fsp3) is 0.318. The van der Waals surface area contributed by atoms with Crippen molar-refractivity contribution < 1.29 is 32.0 Å². The second kappa shape index (κ2) is 10.2. The SMILES string of the molecule is O=C(NCC1CCN(C(=O)/C=C/c2ccco2)CC1)C(=O)Nc1ccc(C(F)(F)F)cc1. The van der Waals surface area contributed by atoms with Gasteiger partial charge in [-0.15, -0.1) is 0 Å². The Kier molecular flexibility index (Phi) is 7.34. The fourth-order valence-corrected chi connectivity index (χ4v) is 3.25. The van der Waals surface area contributed by atoms with E-state index in [2.05, 4.69) is 10.6 Å². The minimum Gasteiger partial charge on any atom is -0.465 e. The van der Waals surface area contributed by atoms with Crippen LogP contribution in [0.15, 0.2) is 53.2 Å². The lowest BCUT2D eigenvalue weighted by atomic mass is 9.96. The second-order valence-electron chi connectivity index (χ2n) is 7.36. The molecule has 2 heterocycles. The van der Waals surface area contributed by atoms with Crippen molar-refractivity contribution in [1.29, 1.82) is 0 Å². The van der Waals surface area contributed by atoms with Crippen LogP contribution in [0.1, 0.15) is 24.2 Å². The van der Waals surface area contributed by atoms with E-state index >= 15 is 0 Å². The summed E-state index contributed by atoms with van der Waals surface area (Å²) in [7, 11) is 0. The van der Waals surface area contributed by atoms with Crippen molar-refractivity contribution in [3.8, 4) is 0 Å². The predicted octanol–water partition coefficient (Wildman–Crippen LogP) is 3.31. The fourth-order valence-electron chi connectivity index (χ4n) is 3.25. The highest BCUT2D eigenvalue weighted by Crippen LogP contribution is 2.29. The molecule has 1 aromatic carbocycles. The third kappa shape index (κ3) is 6.47. The lowest BCUT2D eigenvalue weighted by molar-refractivity contribution is -0.137. The third-order valence-electron chi connectivity index (χ3n) is 5.09. The molecule has 170 valence electrons. The van der Waals surface area contributed by atoms with Gasteiger partial charge in [0.15, 0.2) is 0 Å². The molecule has 1 fully saturated rings. The summed E-state index contributed by atoms with van der Waals surface area (Å²) >= 11 is 0. The molecule has 2 aromatic rings. The normalized spacial score (nSPS) is 15.0. The molecule has 0 unspecified atom stereocenters. The molecule has 3 amide bonds. The molecule has 1 aromatic heterocycles. The summed E-state index contributed by atoms with van der Waals surface area (Å²) in [6.45, 7) is 1.32. The van der Waals surface area contributed by atoms with Crippen molar-refractivity contribution >= 4 is 29.5 Å². The van der Waals surface area contributed by atoms with Gasteiger partial charge in [0.25, 0.3) is 0 Å². The van der Waals surface area contributed by atoms with E-state index in [-0.39, 0.29) is 24.1 Å². The molecule has 0 bridgehead atoms. The van der Waals surface area contributed by atoms with Crippen LogP contribution in [0.3, 0.4) is 0 Å². The van der Waals surface area contributed by atoms with Gasteiger partial charge in [-0.05, 0) is 61.2 Å². The van der Waals surface area contributed by atoms with E-state index in [0.717, 1.165) is 24.3 Å². The summed E-state index contributed by atoms with van der Waals surface area (Å²) in [4.78, 5) is 37.9. The molecule has 7 nitrogen and oxygen atoms in total. The highest BCUT2D eigenvalue weighted by atomic mass is 19.4. The molecule has 1 aliphatic heterocycles. The van der Waals surface area contributed by atoms with Gasteiger partial charge in [-0.25, -0.2) is 0 Å². The number of amides is 3. The van der Waals surface area contributed by atoms with Crippen LogP contribution in [-0.4, -0.2) is 42.3 Å². The van der Waals surface area contributed by atoms with Crippen molar-refractivity contribution in [2.75, 3.05) is 25.0 Å². The van der Waals surface area contributed by atoms with Crippen LogP contribution in [0, 0.1) is 5.92 Å². The van der Waals surface area contributed by atoms with Crippen LogP contribution < -0.4 is 10.6 Å². The average molecular weight is 449 g/mol. The summed E-state index contributed by atoms with van der Waals surface area (Å²) in [6.07, 6.45) is 1.43. The van der Waals surface area contributed by atoms with E-state index in [9.17, 15) is 27.6 Å². The van der Waals surface area contributed by atoms with Gasteiger partial charge in [-0.3, -0.25) is 14.4 Å². The van der Waals surface area contributed by atoms with Crippen molar-refractivity contribution in [3.63, 3.8) is 0 Å². The number of hydrogen-bond acceptors (Lipinski definition) is 4. The first kappa shape index (κ1) is 23.1. The minimum absolute atomic E-state index is 0.0903. The maximum Gasteiger partial charge on any atom is 0.416 e. The molecule has 1 saturated heterocycles. The number of piperidine rings is 1. The Morgan fingerprint density at radius 3 is 2.34 bits per heavy atom. The van der Waals surface area contributed by atoms with Crippen molar-refractivity contribution in [2.45, 2.75) is 19.0 Å². The maximum absolute atomic E-state index is 12.6. The zero-order valence-corrected chi connectivity index (χ0v) is 17.0. The van der Waals surface area contributed by atoms with E-state index in [1.54, 1.807) is 23.1 Å². The molecular weight excluding hydrogens is 427 g/mol. The van der Waals surface area contributed by atoms with Gasteiger partial charge >= 0.3 is 18.0 Å². The number of carbonyl (C=O) groups excluding carboxylic acids is 3. The smallest absolute Gasteiger partial charge is 0.416 e. The molecule has 0 aliphatic carbocycles. The van der Waals surface area contributed by atoms with Crippen LogP contribution in [0.5, 0.6) is 0 Å². The van der Waals surface area contributed by atoms with Gasteiger partial charge in [-0.1, -0.05) is 0 Å². The number of halogens is 3. The van der Waals surface area contributed by atoms with Crippen molar-refractivity contribution in [1.82, 2.24) is 10.2 Å². The summed E-state index contributed by atoms with van der Waals surface area (Å²) in [6, 6.07) is 7.29. The number of alkyl halides is 3. The van der Waals surface area contributed by atoms with Crippen LogP contribution in [0.4, 0.5) is 18.9 Å². The minimum atomic E-state index is -4.48. The molecule has 0 radical (unpaired) electrons. The van der Waals surface area contributed by atoms with Gasteiger partial charge in [-0.2, -0.15) is 13.2 Å². The van der Waals surface area contributed by atoms with Gasteiger partial charge in [0.2, 0.25) is 5.91 Å². The highest BCUT2D eigenvalue weighted by molar-refractivity contribution is 6.39. The Morgan fingerprint density at radius 2 is 1.75 bits per heavy atom. The van der Waals surface area contributed by atoms with Gasteiger partial charge in [0.05, 0.1) is 11.8 Å². The number of carbonyl (C=O) groups is 3. The Bertz CT molecular complexity index is 961. The molecule has 2 N–H and O–H groups in total. The topological polar surface area (TPSA) is 91.7 Å². The number of rotatable bonds is 5. The number of furan rings is 1.